The summed E-state index contributed by atoms with van der Waals surface area (Å²) in [6.07, 6.45) is 4.51. The molecule has 2 aromatic carbocycles. The van der Waals surface area contributed by atoms with Gasteiger partial charge >= 0.3 is 0 Å². The Kier molecular flexibility index (Phi) is 7.26. The summed E-state index contributed by atoms with van der Waals surface area (Å²) in [6, 6.07) is 19.7. The maximum Gasteiger partial charge on any atom is 0.122 e. The number of likely N-dealkylation sites (tertiary alicyclic amines) is 1. The number of hydrogen-bond acceptors (Lipinski definition) is 3. The molecule has 1 saturated heterocycles. The average Bonchev–Trinajstić information content (AvgIpc) is 2.84. The topological polar surface area (TPSA) is 25.4 Å². The van der Waals surface area contributed by atoms with Gasteiger partial charge in [0.05, 0.1) is 12.8 Å². The molecule has 0 amide bonds. The van der Waals surface area contributed by atoms with Crippen LogP contribution in [0.1, 0.15) is 60.6 Å². The van der Waals surface area contributed by atoms with Gasteiger partial charge in [-0.05, 0) is 73.5 Å². The Bertz CT molecular complexity index is 1040. The van der Waals surface area contributed by atoms with Crippen molar-refractivity contribution < 1.29 is 4.74 Å². The second-order valence-corrected chi connectivity index (χ2v) is 8.92. The highest BCUT2D eigenvalue weighted by atomic mass is 16.5. The molecular formula is C29H36N2O. The first kappa shape index (κ1) is 22.5. The highest BCUT2D eigenvalue weighted by Crippen LogP contribution is 2.34. The van der Waals surface area contributed by atoms with Crippen LogP contribution in [0.4, 0.5) is 0 Å². The van der Waals surface area contributed by atoms with E-state index in [-0.39, 0.29) is 0 Å². The van der Waals surface area contributed by atoms with Crippen LogP contribution in [0.15, 0.2) is 54.6 Å². The smallest absolute Gasteiger partial charge is 0.122 e. The Hall–Kier alpha value is -2.65. The van der Waals surface area contributed by atoms with Crippen molar-refractivity contribution in [3.63, 3.8) is 0 Å². The van der Waals surface area contributed by atoms with Gasteiger partial charge in [0.15, 0.2) is 0 Å². The fourth-order valence-electron chi connectivity index (χ4n) is 5.17. The van der Waals surface area contributed by atoms with Gasteiger partial charge in [0.25, 0.3) is 0 Å². The number of aromatic nitrogens is 1. The second-order valence-electron chi connectivity index (χ2n) is 8.92. The summed E-state index contributed by atoms with van der Waals surface area (Å²) in [4.78, 5) is 7.67. The molecule has 0 spiro atoms. The number of benzene rings is 2. The van der Waals surface area contributed by atoms with Crippen LogP contribution in [0.2, 0.25) is 0 Å². The van der Waals surface area contributed by atoms with Crippen molar-refractivity contribution in [1.82, 2.24) is 9.88 Å². The third kappa shape index (κ3) is 4.73. The van der Waals surface area contributed by atoms with E-state index >= 15 is 0 Å². The normalized spacial score (nSPS) is 16.8. The van der Waals surface area contributed by atoms with Crippen LogP contribution >= 0.6 is 0 Å². The van der Waals surface area contributed by atoms with E-state index in [0.29, 0.717) is 5.92 Å². The van der Waals surface area contributed by atoms with Crippen molar-refractivity contribution in [2.24, 2.45) is 0 Å². The van der Waals surface area contributed by atoms with Crippen molar-refractivity contribution in [1.29, 1.82) is 0 Å². The van der Waals surface area contributed by atoms with Crippen molar-refractivity contribution in [3.05, 3.63) is 82.5 Å². The zero-order valence-electron chi connectivity index (χ0n) is 20.0. The van der Waals surface area contributed by atoms with Crippen LogP contribution in [0.3, 0.4) is 0 Å². The zero-order valence-corrected chi connectivity index (χ0v) is 20.0. The fourth-order valence-corrected chi connectivity index (χ4v) is 5.17. The summed E-state index contributed by atoms with van der Waals surface area (Å²) in [5.74, 6) is 1.54. The quantitative estimate of drug-likeness (QED) is 0.425. The van der Waals surface area contributed by atoms with Crippen LogP contribution < -0.4 is 4.74 Å². The van der Waals surface area contributed by atoms with Gasteiger partial charge in [0, 0.05) is 30.3 Å². The zero-order chi connectivity index (χ0) is 22.5. The molecule has 32 heavy (non-hydrogen) atoms. The second kappa shape index (κ2) is 10.3. The first-order valence-electron chi connectivity index (χ1n) is 12.1. The molecule has 3 nitrogen and oxygen atoms in total. The van der Waals surface area contributed by atoms with Gasteiger partial charge in [0.2, 0.25) is 0 Å². The highest BCUT2D eigenvalue weighted by Gasteiger charge is 2.24. The lowest BCUT2D eigenvalue weighted by Gasteiger charge is -2.33. The van der Waals surface area contributed by atoms with Crippen molar-refractivity contribution in [2.75, 3.05) is 20.2 Å². The predicted octanol–water partition coefficient (Wildman–Crippen LogP) is 6.57. The predicted molar refractivity (Wildman–Crippen MR) is 133 cm³/mol. The molecule has 0 saturated carbocycles. The SMILES string of the molecule is CCc1cccc(CC)c1-c1ccc(CN2CCCC(c3ccccc3OC)C2)c(C)n1. The van der Waals surface area contributed by atoms with Gasteiger partial charge in [-0.3, -0.25) is 9.88 Å². The van der Waals surface area contributed by atoms with E-state index in [9.17, 15) is 0 Å². The number of methoxy groups -OCH3 is 1. The highest BCUT2D eigenvalue weighted by molar-refractivity contribution is 5.68. The lowest BCUT2D eigenvalue weighted by Crippen LogP contribution is -2.34. The monoisotopic (exact) mass is 428 g/mol. The molecule has 1 aliphatic heterocycles. The van der Waals surface area contributed by atoms with Crippen LogP contribution in [-0.2, 0) is 19.4 Å². The van der Waals surface area contributed by atoms with Gasteiger partial charge < -0.3 is 4.74 Å². The fraction of sp³-hybridized carbons (Fsp3) is 0.414. The van der Waals surface area contributed by atoms with E-state index in [0.717, 1.165) is 49.6 Å². The van der Waals surface area contributed by atoms with Crippen molar-refractivity contribution in [3.8, 4) is 17.0 Å². The van der Waals surface area contributed by atoms with E-state index in [1.807, 2.05) is 0 Å². The van der Waals surface area contributed by atoms with Gasteiger partial charge in [0.1, 0.15) is 5.75 Å². The molecule has 0 aliphatic carbocycles. The molecular weight excluding hydrogens is 392 g/mol. The van der Waals surface area contributed by atoms with Gasteiger partial charge in [-0.2, -0.15) is 0 Å². The van der Waals surface area contributed by atoms with Gasteiger partial charge in [-0.1, -0.05) is 56.3 Å². The number of aryl methyl sites for hydroxylation is 3. The van der Waals surface area contributed by atoms with Gasteiger partial charge in [-0.15, -0.1) is 0 Å². The molecule has 1 aromatic heterocycles. The molecule has 2 heterocycles. The summed E-state index contributed by atoms with van der Waals surface area (Å²) in [5, 5.41) is 0. The molecule has 3 heteroatoms. The molecule has 4 rings (SSSR count). The molecule has 0 radical (unpaired) electrons. The number of hydrogen-bond donors (Lipinski definition) is 0. The Morgan fingerprint density at radius 3 is 2.38 bits per heavy atom. The summed E-state index contributed by atoms with van der Waals surface area (Å²) in [6.45, 7) is 9.80. The standard InChI is InChI=1S/C29H36N2O/c1-5-22-11-9-12-23(6-2)29(22)27-17-16-24(21(3)30-27)19-31-18-10-13-25(20-31)26-14-7-8-15-28(26)32-4/h7-9,11-12,14-17,25H,5-6,10,13,18-20H2,1-4H3. The lowest BCUT2D eigenvalue weighted by molar-refractivity contribution is 0.198. The van der Waals surface area contributed by atoms with Crippen LogP contribution in [0.5, 0.6) is 5.75 Å². The first-order chi connectivity index (χ1) is 15.6. The maximum absolute atomic E-state index is 5.64. The Morgan fingerprint density at radius 1 is 0.938 bits per heavy atom. The molecule has 168 valence electrons. The maximum atomic E-state index is 5.64. The minimum Gasteiger partial charge on any atom is -0.496 e. The number of nitrogens with zero attached hydrogens (tertiary/aromatic N) is 2. The van der Waals surface area contributed by atoms with Gasteiger partial charge in [-0.25, -0.2) is 0 Å². The van der Waals surface area contributed by atoms with Crippen LogP contribution in [0, 0.1) is 6.92 Å². The minimum absolute atomic E-state index is 0.524. The molecule has 0 bridgehead atoms. The lowest BCUT2D eigenvalue weighted by atomic mass is 9.89. The van der Waals surface area contributed by atoms with Crippen LogP contribution in [0.25, 0.3) is 11.3 Å². The molecule has 1 atom stereocenters. The number of para-hydroxylation sites is 1. The van der Waals surface area contributed by atoms with Crippen LogP contribution in [-0.4, -0.2) is 30.1 Å². The molecule has 3 aromatic rings. The van der Waals surface area contributed by atoms with E-state index in [2.05, 4.69) is 80.3 Å². The number of piperidine rings is 1. The third-order valence-corrected chi connectivity index (χ3v) is 6.93. The molecule has 1 fully saturated rings. The number of rotatable bonds is 7. The van der Waals surface area contributed by atoms with E-state index in [4.69, 9.17) is 9.72 Å². The van der Waals surface area contributed by atoms with E-state index in [1.54, 1.807) is 7.11 Å². The molecule has 1 unspecified atom stereocenters. The summed E-state index contributed by atoms with van der Waals surface area (Å²) < 4.78 is 5.64. The van der Waals surface area contributed by atoms with E-state index in [1.165, 1.54) is 40.7 Å². The van der Waals surface area contributed by atoms with E-state index < -0.39 is 0 Å². The minimum atomic E-state index is 0.524. The van der Waals surface area contributed by atoms with Crippen molar-refractivity contribution in [2.45, 2.75) is 58.9 Å². The first-order valence-corrected chi connectivity index (χ1v) is 12.1. The summed E-state index contributed by atoms with van der Waals surface area (Å²) in [5.41, 5.74) is 9.05. The number of pyridine rings is 1. The Balaban J connectivity index is 1.54. The molecule has 0 N–H and O–H groups in total. The Morgan fingerprint density at radius 2 is 1.69 bits per heavy atom. The third-order valence-electron chi connectivity index (χ3n) is 6.93. The average molecular weight is 429 g/mol. The number of ether oxygens (including phenoxy) is 1. The molecule has 1 aliphatic rings. The largest absolute Gasteiger partial charge is 0.496 e. The summed E-state index contributed by atoms with van der Waals surface area (Å²) >= 11 is 0. The summed E-state index contributed by atoms with van der Waals surface area (Å²) in [7, 11) is 1.77. The van der Waals surface area contributed by atoms with Crippen molar-refractivity contribution >= 4 is 0 Å². The Labute approximate surface area is 193 Å².